The quantitative estimate of drug-likeness (QED) is 0.181. The number of thiol groups is 1. The van der Waals surface area contributed by atoms with Crippen LogP contribution in [-0.4, -0.2) is 46.5 Å². The number of benzene rings is 2. The predicted octanol–water partition coefficient (Wildman–Crippen LogP) is 3.60. The van der Waals surface area contributed by atoms with E-state index in [2.05, 4.69) is 23.3 Å². The van der Waals surface area contributed by atoms with Crippen molar-refractivity contribution in [2.75, 3.05) is 13.1 Å². The Kier molecular flexibility index (Phi) is 9.09. The van der Waals surface area contributed by atoms with Crippen molar-refractivity contribution < 1.29 is 19.2 Å². The van der Waals surface area contributed by atoms with E-state index in [0.29, 0.717) is 43.4 Å². The smallest absolute Gasteiger partial charge is 0.261 e. The largest absolute Gasteiger partial charge is 0.353 e. The van der Waals surface area contributed by atoms with Gasteiger partial charge in [0.05, 0.1) is 11.1 Å². The Balaban J connectivity index is 1.46. The first-order valence-electron chi connectivity index (χ1n) is 12.0. The fourth-order valence-electron chi connectivity index (χ4n) is 4.19. The van der Waals surface area contributed by atoms with E-state index in [0.717, 1.165) is 5.56 Å². The van der Waals surface area contributed by atoms with Crippen molar-refractivity contribution in [3.05, 3.63) is 71.3 Å². The molecule has 2 aromatic rings. The lowest BCUT2D eigenvalue weighted by Gasteiger charge is -2.30. The average molecular weight is 496 g/mol. The number of imide groups is 1. The zero-order chi connectivity index (χ0) is 25.4. The van der Waals surface area contributed by atoms with E-state index in [4.69, 9.17) is 0 Å². The van der Waals surface area contributed by atoms with Crippen LogP contribution in [0.25, 0.3) is 0 Å². The lowest BCUT2D eigenvalue weighted by molar-refractivity contribution is -0.130. The topological polar surface area (TPSA) is 95.6 Å². The Bertz CT molecular complexity index is 1040. The molecule has 2 aromatic carbocycles. The van der Waals surface area contributed by atoms with Crippen LogP contribution in [0.5, 0.6) is 0 Å². The molecule has 0 fully saturated rings. The highest BCUT2D eigenvalue weighted by Gasteiger charge is 2.37. The lowest BCUT2D eigenvalue weighted by atomic mass is 10.0. The summed E-state index contributed by atoms with van der Waals surface area (Å²) in [5.74, 6) is -1.07. The number of amides is 4. The Hall–Kier alpha value is -3.13. The van der Waals surface area contributed by atoms with Crippen LogP contribution in [0.3, 0.4) is 0 Å². The van der Waals surface area contributed by atoms with Crippen molar-refractivity contribution in [3.63, 3.8) is 0 Å². The Morgan fingerprint density at radius 1 is 0.943 bits per heavy atom. The van der Waals surface area contributed by atoms with Crippen LogP contribution in [0.4, 0.5) is 0 Å². The number of fused-ring (bicyclic) bond motifs is 1. The van der Waals surface area contributed by atoms with Gasteiger partial charge in [-0.05, 0) is 49.3 Å². The van der Waals surface area contributed by atoms with E-state index in [9.17, 15) is 19.2 Å². The number of nitrogens with zero attached hydrogens (tertiary/aromatic N) is 1. The molecule has 0 saturated heterocycles. The van der Waals surface area contributed by atoms with Crippen LogP contribution < -0.4 is 10.6 Å². The molecule has 4 amide bonds. The molecule has 2 N–H and O–H groups in total. The average Bonchev–Trinajstić information content (AvgIpc) is 3.06. The summed E-state index contributed by atoms with van der Waals surface area (Å²) in [5.41, 5.74) is 1.95. The van der Waals surface area contributed by atoms with Gasteiger partial charge in [0.2, 0.25) is 5.91 Å². The Labute approximate surface area is 212 Å². The molecule has 1 heterocycles. The standard InChI is InChI=1S/C27H33N3O4S/c1-19(2)18-27(35,26(34)28-16-15-20-10-4-3-5-11-20)29-23(31)14-8-9-17-30-24(32)21-12-6-7-13-22(21)25(30)33/h3-7,10-13,19,35H,8-9,14-18H2,1-2H3,(H,28,34)(H,29,31)/t27-/m1/s1. The zero-order valence-electron chi connectivity index (χ0n) is 20.3. The molecule has 1 atom stereocenters. The molecule has 0 unspecified atom stereocenters. The first-order chi connectivity index (χ1) is 16.7. The summed E-state index contributed by atoms with van der Waals surface area (Å²) in [5, 5.41) is 5.69. The van der Waals surface area contributed by atoms with Gasteiger partial charge in [-0.15, -0.1) is 12.6 Å². The van der Waals surface area contributed by atoms with Gasteiger partial charge in [-0.25, -0.2) is 0 Å². The first kappa shape index (κ1) is 26.5. The van der Waals surface area contributed by atoms with E-state index in [1.54, 1.807) is 24.3 Å². The maximum absolute atomic E-state index is 12.9. The van der Waals surface area contributed by atoms with Crippen molar-refractivity contribution in [3.8, 4) is 0 Å². The minimum atomic E-state index is -1.32. The Morgan fingerprint density at radius 3 is 2.14 bits per heavy atom. The molecule has 0 spiro atoms. The molecule has 0 saturated carbocycles. The van der Waals surface area contributed by atoms with Crippen LogP contribution in [-0.2, 0) is 16.0 Å². The number of carbonyl (C=O) groups excluding carboxylic acids is 4. The molecule has 186 valence electrons. The minimum Gasteiger partial charge on any atom is -0.353 e. The van der Waals surface area contributed by atoms with Crippen LogP contribution in [0, 0.1) is 5.92 Å². The lowest BCUT2D eigenvalue weighted by Crippen LogP contribution is -2.56. The third kappa shape index (κ3) is 6.94. The summed E-state index contributed by atoms with van der Waals surface area (Å²) in [6.07, 6.45) is 2.20. The van der Waals surface area contributed by atoms with Crippen molar-refractivity contribution >= 4 is 36.3 Å². The van der Waals surface area contributed by atoms with E-state index in [1.165, 1.54) is 4.90 Å². The third-order valence-electron chi connectivity index (χ3n) is 5.88. The molecule has 0 aromatic heterocycles. The van der Waals surface area contributed by atoms with Crippen molar-refractivity contribution in [1.82, 2.24) is 15.5 Å². The zero-order valence-corrected chi connectivity index (χ0v) is 21.1. The van der Waals surface area contributed by atoms with E-state index in [-0.39, 0.29) is 42.5 Å². The van der Waals surface area contributed by atoms with Crippen LogP contribution in [0.15, 0.2) is 54.6 Å². The molecule has 1 aliphatic rings. The SMILES string of the molecule is CC(C)C[C@](S)(NC(=O)CCCCN1C(=O)c2ccccc2C1=O)C(=O)NCCc1ccccc1. The summed E-state index contributed by atoms with van der Waals surface area (Å²) >= 11 is 4.58. The van der Waals surface area contributed by atoms with Crippen molar-refractivity contribution in [1.29, 1.82) is 0 Å². The summed E-state index contributed by atoms with van der Waals surface area (Å²) < 4.78 is 0. The molecule has 7 nitrogen and oxygen atoms in total. The van der Waals surface area contributed by atoms with Gasteiger partial charge < -0.3 is 10.6 Å². The highest BCUT2D eigenvalue weighted by molar-refractivity contribution is 7.82. The van der Waals surface area contributed by atoms with Gasteiger partial charge in [0, 0.05) is 19.5 Å². The van der Waals surface area contributed by atoms with Gasteiger partial charge in [0.15, 0.2) is 4.87 Å². The second kappa shape index (κ2) is 12.0. The number of hydrogen-bond donors (Lipinski definition) is 3. The maximum atomic E-state index is 12.9. The second-order valence-corrected chi connectivity index (χ2v) is 10.0. The van der Waals surface area contributed by atoms with Crippen LogP contribution in [0.1, 0.15) is 65.8 Å². The number of nitrogens with one attached hydrogen (secondary N) is 2. The number of rotatable bonds is 12. The monoisotopic (exact) mass is 495 g/mol. The molecule has 35 heavy (non-hydrogen) atoms. The molecule has 0 bridgehead atoms. The second-order valence-electron chi connectivity index (χ2n) is 9.26. The normalized spacial score (nSPS) is 14.6. The summed E-state index contributed by atoms with van der Waals surface area (Å²) in [6.45, 7) is 4.63. The van der Waals surface area contributed by atoms with E-state index in [1.807, 2.05) is 44.2 Å². The minimum absolute atomic E-state index is 0.140. The van der Waals surface area contributed by atoms with Crippen LogP contribution in [0.2, 0.25) is 0 Å². The van der Waals surface area contributed by atoms with Crippen LogP contribution >= 0.6 is 12.6 Å². The van der Waals surface area contributed by atoms with Gasteiger partial charge in [-0.1, -0.05) is 56.3 Å². The molecule has 0 radical (unpaired) electrons. The van der Waals surface area contributed by atoms with Crippen molar-refractivity contribution in [2.24, 2.45) is 5.92 Å². The van der Waals surface area contributed by atoms with E-state index < -0.39 is 4.87 Å². The fraction of sp³-hybridized carbons (Fsp3) is 0.407. The first-order valence-corrected chi connectivity index (χ1v) is 12.5. The highest BCUT2D eigenvalue weighted by Crippen LogP contribution is 2.24. The highest BCUT2D eigenvalue weighted by atomic mass is 32.1. The molecular formula is C27H33N3O4S. The summed E-state index contributed by atoms with van der Waals surface area (Å²) in [4.78, 5) is 50.4. The molecule has 8 heteroatoms. The maximum Gasteiger partial charge on any atom is 0.261 e. The fourth-order valence-corrected chi connectivity index (χ4v) is 4.76. The van der Waals surface area contributed by atoms with E-state index >= 15 is 0 Å². The van der Waals surface area contributed by atoms with Gasteiger partial charge in [0.25, 0.3) is 17.7 Å². The summed E-state index contributed by atoms with van der Waals surface area (Å²) in [7, 11) is 0. The number of carbonyl (C=O) groups is 4. The molecule has 1 aliphatic heterocycles. The van der Waals surface area contributed by atoms with Gasteiger partial charge in [-0.3, -0.25) is 24.1 Å². The molecular weight excluding hydrogens is 462 g/mol. The third-order valence-corrected chi connectivity index (χ3v) is 6.38. The van der Waals surface area contributed by atoms with Crippen molar-refractivity contribution in [2.45, 2.75) is 50.8 Å². The molecule has 3 rings (SSSR count). The molecule has 0 aliphatic carbocycles. The van der Waals surface area contributed by atoms with Gasteiger partial charge >= 0.3 is 0 Å². The summed E-state index contributed by atoms with van der Waals surface area (Å²) in [6, 6.07) is 16.6. The van der Waals surface area contributed by atoms with Gasteiger partial charge in [-0.2, -0.15) is 0 Å². The van der Waals surface area contributed by atoms with Gasteiger partial charge in [0.1, 0.15) is 0 Å². The predicted molar refractivity (Wildman–Crippen MR) is 138 cm³/mol. The Morgan fingerprint density at radius 2 is 1.54 bits per heavy atom. The number of unbranched alkanes of at least 4 members (excludes halogenated alkanes) is 1. The number of hydrogen-bond acceptors (Lipinski definition) is 5.